The molecule has 1 unspecified atom stereocenters. The molecule has 1 atom stereocenters. The number of nitrogens with one attached hydrogen (secondary N) is 1. The van der Waals surface area contributed by atoms with Gasteiger partial charge in [-0.1, -0.05) is 12.1 Å². The number of hydrogen-bond acceptors (Lipinski definition) is 3. The minimum atomic E-state index is -0.965. The summed E-state index contributed by atoms with van der Waals surface area (Å²) < 4.78 is 4.73. The Morgan fingerprint density at radius 1 is 1.40 bits per heavy atom. The molecule has 1 amide bonds. The Bertz CT molecular complexity index is 398. The largest absolute Gasteiger partial charge is 0.478 e. The fourth-order valence-corrected chi connectivity index (χ4v) is 1.42. The molecule has 0 radical (unpaired) electrons. The second-order valence-electron chi connectivity index (χ2n) is 3.22. The van der Waals surface area contributed by atoms with E-state index in [-0.39, 0.29) is 18.2 Å². The average Bonchev–Trinajstić information content (AvgIpc) is 2.65. The molecule has 1 aliphatic rings. The van der Waals surface area contributed by atoms with Crippen molar-refractivity contribution in [1.82, 2.24) is 5.32 Å². The van der Waals surface area contributed by atoms with Gasteiger partial charge in [0.2, 0.25) is 0 Å². The third-order valence-corrected chi connectivity index (χ3v) is 2.23. The van der Waals surface area contributed by atoms with Crippen molar-refractivity contribution >= 4 is 12.1 Å². The molecular weight excluding hydrogens is 198 g/mol. The van der Waals surface area contributed by atoms with Gasteiger partial charge < -0.3 is 15.2 Å². The number of aromatic carboxylic acids is 1. The van der Waals surface area contributed by atoms with Crippen LogP contribution in [-0.4, -0.2) is 23.8 Å². The summed E-state index contributed by atoms with van der Waals surface area (Å²) in [7, 11) is 0. The van der Waals surface area contributed by atoms with E-state index < -0.39 is 12.1 Å². The normalized spacial score (nSPS) is 19.5. The van der Waals surface area contributed by atoms with Gasteiger partial charge in [0.1, 0.15) is 6.61 Å². The summed E-state index contributed by atoms with van der Waals surface area (Å²) in [4.78, 5) is 21.4. The van der Waals surface area contributed by atoms with E-state index in [9.17, 15) is 9.59 Å². The minimum Gasteiger partial charge on any atom is -0.478 e. The molecule has 78 valence electrons. The van der Waals surface area contributed by atoms with Gasteiger partial charge in [-0.25, -0.2) is 9.59 Å². The van der Waals surface area contributed by atoms with Crippen LogP contribution < -0.4 is 5.32 Å². The zero-order chi connectivity index (χ0) is 10.8. The fourth-order valence-electron chi connectivity index (χ4n) is 1.42. The first-order valence-electron chi connectivity index (χ1n) is 4.43. The van der Waals surface area contributed by atoms with Crippen LogP contribution in [0.5, 0.6) is 0 Å². The lowest BCUT2D eigenvalue weighted by Crippen LogP contribution is -2.18. The minimum absolute atomic E-state index is 0.180. The summed E-state index contributed by atoms with van der Waals surface area (Å²) in [6, 6.07) is 6.16. The number of carbonyl (C=O) groups excluding carboxylic acids is 1. The van der Waals surface area contributed by atoms with Crippen LogP contribution >= 0.6 is 0 Å². The first kappa shape index (κ1) is 9.51. The third kappa shape index (κ3) is 1.90. The van der Waals surface area contributed by atoms with Crippen molar-refractivity contribution in [3.05, 3.63) is 35.4 Å². The average molecular weight is 207 g/mol. The van der Waals surface area contributed by atoms with E-state index >= 15 is 0 Å². The van der Waals surface area contributed by atoms with Crippen molar-refractivity contribution in [2.75, 3.05) is 6.61 Å². The second kappa shape index (κ2) is 3.61. The summed E-state index contributed by atoms with van der Waals surface area (Å²) in [6.45, 7) is 0.283. The Morgan fingerprint density at radius 3 is 2.53 bits per heavy atom. The topological polar surface area (TPSA) is 75.6 Å². The van der Waals surface area contributed by atoms with Gasteiger partial charge in [0.25, 0.3) is 0 Å². The summed E-state index contributed by atoms with van der Waals surface area (Å²) in [5, 5.41) is 11.3. The molecule has 0 aromatic heterocycles. The van der Waals surface area contributed by atoms with Gasteiger partial charge in [-0.3, -0.25) is 0 Å². The molecule has 0 aliphatic carbocycles. The van der Waals surface area contributed by atoms with Gasteiger partial charge in [-0.2, -0.15) is 0 Å². The molecule has 1 aliphatic heterocycles. The highest BCUT2D eigenvalue weighted by Gasteiger charge is 2.23. The fraction of sp³-hybridized carbons (Fsp3) is 0.200. The monoisotopic (exact) mass is 207 g/mol. The zero-order valence-corrected chi connectivity index (χ0v) is 7.77. The third-order valence-electron chi connectivity index (χ3n) is 2.23. The van der Waals surface area contributed by atoms with E-state index in [4.69, 9.17) is 9.84 Å². The number of ether oxygens (including phenoxy) is 1. The predicted molar refractivity (Wildman–Crippen MR) is 50.6 cm³/mol. The first-order chi connectivity index (χ1) is 7.16. The molecule has 0 spiro atoms. The molecule has 0 saturated carbocycles. The molecule has 5 nitrogen and oxygen atoms in total. The van der Waals surface area contributed by atoms with Crippen LogP contribution in [0.15, 0.2) is 24.3 Å². The van der Waals surface area contributed by atoms with Crippen LogP contribution in [0, 0.1) is 0 Å². The standard InChI is InChI=1S/C10H9NO4/c12-9(13)7-3-1-6(2-4-7)8-5-15-10(14)11-8/h1-4,8H,5H2,(H,11,14)(H,12,13). The number of carboxylic acids is 1. The molecule has 0 bridgehead atoms. The summed E-state index contributed by atoms with van der Waals surface area (Å²) >= 11 is 0. The Kier molecular flexibility index (Phi) is 2.29. The van der Waals surface area contributed by atoms with Crippen LogP contribution in [0.25, 0.3) is 0 Å². The van der Waals surface area contributed by atoms with Crippen molar-refractivity contribution < 1.29 is 19.4 Å². The summed E-state index contributed by atoms with van der Waals surface area (Å²) in [6.07, 6.45) is -0.442. The van der Waals surface area contributed by atoms with Gasteiger partial charge in [-0.05, 0) is 17.7 Å². The van der Waals surface area contributed by atoms with Crippen LogP contribution in [0.2, 0.25) is 0 Å². The highest BCUT2D eigenvalue weighted by molar-refractivity contribution is 5.87. The van der Waals surface area contributed by atoms with E-state index in [1.54, 1.807) is 12.1 Å². The smallest absolute Gasteiger partial charge is 0.407 e. The molecule has 1 aromatic carbocycles. The highest BCUT2D eigenvalue weighted by Crippen LogP contribution is 2.18. The number of benzene rings is 1. The maximum Gasteiger partial charge on any atom is 0.407 e. The van der Waals surface area contributed by atoms with Crippen LogP contribution in [0.3, 0.4) is 0 Å². The summed E-state index contributed by atoms with van der Waals surface area (Å²) in [5.41, 5.74) is 1.06. The van der Waals surface area contributed by atoms with Crippen molar-refractivity contribution in [3.8, 4) is 0 Å². The van der Waals surface area contributed by atoms with E-state index in [0.717, 1.165) is 5.56 Å². The number of alkyl carbamates (subject to hydrolysis) is 1. The Labute approximate surface area is 85.7 Å². The van der Waals surface area contributed by atoms with Crippen LogP contribution in [0.1, 0.15) is 22.0 Å². The number of cyclic esters (lactones) is 1. The van der Waals surface area contributed by atoms with Crippen molar-refractivity contribution in [3.63, 3.8) is 0 Å². The number of hydrogen-bond donors (Lipinski definition) is 2. The lowest BCUT2D eigenvalue weighted by Gasteiger charge is -2.07. The molecule has 5 heteroatoms. The van der Waals surface area contributed by atoms with Gasteiger partial charge >= 0.3 is 12.1 Å². The van der Waals surface area contributed by atoms with E-state index in [2.05, 4.69) is 5.32 Å². The van der Waals surface area contributed by atoms with E-state index in [0.29, 0.717) is 0 Å². The quantitative estimate of drug-likeness (QED) is 0.763. The first-order valence-corrected chi connectivity index (χ1v) is 4.43. The summed E-state index contributed by atoms with van der Waals surface area (Å²) in [5.74, 6) is -0.965. The number of amides is 1. The van der Waals surface area contributed by atoms with E-state index in [1.807, 2.05) is 0 Å². The molecule has 1 aromatic rings. The maximum absolute atomic E-state index is 10.8. The Morgan fingerprint density at radius 2 is 2.07 bits per heavy atom. The molecule has 1 fully saturated rings. The van der Waals surface area contributed by atoms with Gasteiger partial charge in [0, 0.05) is 0 Å². The zero-order valence-electron chi connectivity index (χ0n) is 7.77. The predicted octanol–water partition coefficient (Wildman–Crippen LogP) is 1.17. The maximum atomic E-state index is 10.8. The lowest BCUT2D eigenvalue weighted by atomic mass is 10.1. The van der Waals surface area contributed by atoms with E-state index in [1.165, 1.54) is 12.1 Å². The van der Waals surface area contributed by atoms with Gasteiger partial charge in [0.15, 0.2) is 0 Å². The van der Waals surface area contributed by atoms with Crippen molar-refractivity contribution in [1.29, 1.82) is 0 Å². The Balaban J connectivity index is 2.17. The number of carbonyl (C=O) groups is 2. The molecule has 2 rings (SSSR count). The van der Waals surface area contributed by atoms with Crippen molar-refractivity contribution in [2.45, 2.75) is 6.04 Å². The van der Waals surface area contributed by atoms with Gasteiger partial charge in [-0.15, -0.1) is 0 Å². The lowest BCUT2D eigenvalue weighted by molar-refractivity contribution is 0.0697. The van der Waals surface area contributed by atoms with Crippen molar-refractivity contribution in [2.24, 2.45) is 0 Å². The molecule has 2 N–H and O–H groups in total. The second-order valence-corrected chi connectivity index (χ2v) is 3.22. The highest BCUT2D eigenvalue weighted by atomic mass is 16.6. The molecule has 1 heterocycles. The van der Waals surface area contributed by atoms with Crippen LogP contribution in [0.4, 0.5) is 4.79 Å². The SMILES string of the molecule is O=C1NC(c2ccc(C(=O)O)cc2)CO1. The molecule has 1 saturated heterocycles. The Hall–Kier alpha value is -2.04. The molecule has 15 heavy (non-hydrogen) atoms. The molecular formula is C10H9NO4. The van der Waals surface area contributed by atoms with Crippen LogP contribution in [-0.2, 0) is 4.74 Å². The van der Waals surface area contributed by atoms with Gasteiger partial charge in [0.05, 0.1) is 11.6 Å². The number of carboxylic acid groups (broad SMARTS) is 1. The number of rotatable bonds is 2.